The van der Waals surface area contributed by atoms with Crippen LogP contribution in [0.1, 0.15) is 30.4 Å². The Morgan fingerprint density at radius 3 is 2.77 bits per heavy atom. The molecule has 2 N–H and O–H groups in total. The Balaban J connectivity index is 1.28. The van der Waals surface area contributed by atoms with Gasteiger partial charge in [0.1, 0.15) is 0 Å². The summed E-state index contributed by atoms with van der Waals surface area (Å²) in [6.07, 6.45) is 4.82. The molecule has 0 radical (unpaired) electrons. The quantitative estimate of drug-likeness (QED) is 0.620. The highest BCUT2D eigenvalue weighted by atomic mass is 35.5. The summed E-state index contributed by atoms with van der Waals surface area (Å²) in [5.74, 6) is -0.0161. The molecule has 1 fully saturated rings. The van der Waals surface area contributed by atoms with Gasteiger partial charge in [-0.25, -0.2) is 0 Å². The number of nitrogens with one attached hydrogen (secondary N) is 2. The van der Waals surface area contributed by atoms with Crippen molar-refractivity contribution in [2.24, 2.45) is 5.92 Å². The number of benzene rings is 2. The number of carbonyl (C=O) groups is 2. The molecule has 0 spiro atoms. The number of H-pyrrole nitrogens is 1. The minimum Gasteiger partial charge on any atom is -0.361 e. The molecule has 156 valence electrons. The second kappa shape index (κ2) is 9.35. The lowest BCUT2D eigenvalue weighted by atomic mass is 9.96. The predicted molar refractivity (Wildman–Crippen MR) is 119 cm³/mol. The number of rotatable bonds is 6. The lowest BCUT2D eigenvalue weighted by molar-refractivity contribution is -0.135. The van der Waals surface area contributed by atoms with Crippen molar-refractivity contribution >= 4 is 34.3 Å². The molecule has 5 nitrogen and oxygen atoms in total. The number of nitrogens with zero attached hydrogens (tertiary/aromatic N) is 1. The van der Waals surface area contributed by atoms with Gasteiger partial charge >= 0.3 is 0 Å². The average molecular weight is 424 g/mol. The third kappa shape index (κ3) is 4.85. The Bertz CT molecular complexity index is 1030. The number of hydrogen-bond donors (Lipinski definition) is 2. The summed E-state index contributed by atoms with van der Waals surface area (Å²) in [4.78, 5) is 30.5. The number of piperidine rings is 1. The molecule has 0 aliphatic carbocycles. The highest BCUT2D eigenvalue weighted by Gasteiger charge is 2.28. The van der Waals surface area contributed by atoms with E-state index in [0.717, 1.165) is 36.0 Å². The zero-order valence-corrected chi connectivity index (χ0v) is 17.6. The predicted octanol–water partition coefficient (Wildman–Crippen LogP) is 4.31. The van der Waals surface area contributed by atoms with E-state index in [1.165, 1.54) is 5.39 Å². The topological polar surface area (TPSA) is 65.2 Å². The molecule has 0 bridgehead atoms. The Morgan fingerprint density at radius 2 is 1.93 bits per heavy atom. The lowest BCUT2D eigenvalue weighted by Gasteiger charge is -2.32. The van der Waals surface area contributed by atoms with Gasteiger partial charge in [-0.15, -0.1) is 0 Å². The van der Waals surface area contributed by atoms with Gasteiger partial charge < -0.3 is 15.2 Å². The van der Waals surface area contributed by atoms with Gasteiger partial charge in [0.05, 0.1) is 5.92 Å². The van der Waals surface area contributed by atoms with Crippen LogP contribution in [0.2, 0.25) is 5.02 Å². The van der Waals surface area contributed by atoms with E-state index in [1.807, 2.05) is 53.6 Å². The molecule has 1 atom stereocenters. The van der Waals surface area contributed by atoms with Crippen LogP contribution in [0.25, 0.3) is 10.9 Å². The number of carbonyl (C=O) groups excluding carboxylic acids is 2. The number of hydrogen-bond acceptors (Lipinski definition) is 2. The first-order chi connectivity index (χ1) is 14.6. The van der Waals surface area contributed by atoms with Crippen LogP contribution < -0.4 is 5.32 Å². The van der Waals surface area contributed by atoms with Gasteiger partial charge in [-0.05, 0) is 48.6 Å². The second-order valence-electron chi connectivity index (χ2n) is 7.88. The standard InChI is InChI=1S/C24H26ClN3O2/c25-20-10-7-17(8-11-20)14-27-24(30)19-4-3-13-28(16-19)23(29)12-9-18-15-26-22-6-2-1-5-21(18)22/h1-2,5-8,10-11,15,19,26H,3-4,9,12-14,16H2,(H,27,30). The van der Waals surface area contributed by atoms with Crippen LogP contribution in [0, 0.1) is 5.92 Å². The van der Waals surface area contributed by atoms with Crippen LogP contribution in [0.3, 0.4) is 0 Å². The first-order valence-corrected chi connectivity index (χ1v) is 10.8. The van der Waals surface area contributed by atoms with E-state index in [2.05, 4.69) is 16.4 Å². The van der Waals surface area contributed by atoms with Gasteiger partial charge in [0.25, 0.3) is 0 Å². The second-order valence-corrected chi connectivity index (χ2v) is 8.32. The monoisotopic (exact) mass is 423 g/mol. The molecule has 1 saturated heterocycles. The van der Waals surface area contributed by atoms with Gasteiger partial charge in [0, 0.05) is 48.2 Å². The van der Waals surface area contributed by atoms with Crippen molar-refractivity contribution in [1.82, 2.24) is 15.2 Å². The number of para-hydroxylation sites is 1. The number of aromatic amines is 1. The summed E-state index contributed by atoms with van der Waals surface area (Å²) >= 11 is 5.90. The zero-order chi connectivity index (χ0) is 20.9. The molecule has 2 aromatic carbocycles. The van der Waals surface area contributed by atoms with E-state index in [-0.39, 0.29) is 17.7 Å². The molecule has 4 rings (SSSR count). The summed E-state index contributed by atoms with van der Waals surface area (Å²) in [5.41, 5.74) is 3.26. The van der Waals surface area contributed by atoms with Crippen LogP contribution >= 0.6 is 11.6 Å². The fourth-order valence-corrected chi connectivity index (χ4v) is 4.22. The maximum absolute atomic E-state index is 12.8. The molecule has 2 amide bonds. The molecule has 6 heteroatoms. The Kier molecular flexibility index (Phi) is 6.38. The minimum absolute atomic E-state index is 0.0130. The van der Waals surface area contributed by atoms with Gasteiger partial charge in [-0.2, -0.15) is 0 Å². The molecule has 0 saturated carbocycles. The summed E-state index contributed by atoms with van der Waals surface area (Å²) in [6.45, 7) is 1.70. The van der Waals surface area contributed by atoms with Crippen molar-refractivity contribution in [2.45, 2.75) is 32.2 Å². The van der Waals surface area contributed by atoms with Gasteiger partial charge in [0.2, 0.25) is 11.8 Å². The third-order valence-electron chi connectivity index (χ3n) is 5.81. The smallest absolute Gasteiger partial charge is 0.225 e. The molecule has 1 aromatic heterocycles. The van der Waals surface area contributed by atoms with E-state index >= 15 is 0 Å². The van der Waals surface area contributed by atoms with Crippen molar-refractivity contribution in [3.8, 4) is 0 Å². The van der Waals surface area contributed by atoms with E-state index in [0.29, 0.717) is 31.0 Å². The highest BCUT2D eigenvalue weighted by Crippen LogP contribution is 2.21. The molecule has 3 aromatic rings. The third-order valence-corrected chi connectivity index (χ3v) is 6.06. The Hall–Kier alpha value is -2.79. The molecule has 2 heterocycles. The van der Waals surface area contributed by atoms with Crippen molar-refractivity contribution in [2.75, 3.05) is 13.1 Å². The average Bonchev–Trinajstić information content (AvgIpc) is 3.20. The van der Waals surface area contributed by atoms with Gasteiger partial charge in [0.15, 0.2) is 0 Å². The number of amides is 2. The molecule has 1 unspecified atom stereocenters. The maximum atomic E-state index is 12.8. The minimum atomic E-state index is -0.150. The number of fused-ring (bicyclic) bond motifs is 1. The van der Waals surface area contributed by atoms with Crippen molar-refractivity contribution in [3.63, 3.8) is 0 Å². The van der Waals surface area contributed by atoms with Gasteiger partial charge in [-0.1, -0.05) is 41.9 Å². The Labute approximate surface area is 181 Å². The molecular formula is C24H26ClN3O2. The van der Waals surface area contributed by atoms with Crippen molar-refractivity contribution < 1.29 is 9.59 Å². The molecule has 1 aliphatic rings. The van der Waals surface area contributed by atoms with E-state index in [4.69, 9.17) is 11.6 Å². The normalized spacial score (nSPS) is 16.6. The molecule has 30 heavy (non-hydrogen) atoms. The fourth-order valence-electron chi connectivity index (χ4n) is 4.09. The van der Waals surface area contributed by atoms with E-state index in [1.54, 1.807) is 0 Å². The van der Waals surface area contributed by atoms with E-state index < -0.39 is 0 Å². The summed E-state index contributed by atoms with van der Waals surface area (Å²) in [7, 11) is 0. The number of likely N-dealkylation sites (tertiary alicyclic amines) is 1. The van der Waals surface area contributed by atoms with Crippen molar-refractivity contribution in [1.29, 1.82) is 0 Å². The number of halogens is 1. The first kappa shape index (κ1) is 20.5. The number of aromatic nitrogens is 1. The van der Waals surface area contributed by atoms with Crippen LogP contribution in [0.4, 0.5) is 0 Å². The van der Waals surface area contributed by atoms with E-state index in [9.17, 15) is 9.59 Å². The van der Waals surface area contributed by atoms with Crippen LogP contribution in [-0.4, -0.2) is 34.8 Å². The highest BCUT2D eigenvalue weighted by molar-refractivity contribution is 6.30. The number of aryl methyl sites for hydroxylation is 1. The SMILES string of the molecule is O=C(NCc1ccc(Cl)cc1)C1CCCN(C(=O)CCc2c[nH]c3ccccc23)C1. The lowest BCUT2D eigenvalue weighted by Crippen LogP contribution is -2.45. The van der Waals surface area contributed by atoms with Crippen LogP contribution in [0.5, 0.6) is 0 Å². The van der Waals surface area contributed by atoms with Crippen molar-refractivity contribution in [3.05, 3.63) is 70.9 Å². The van der Waals surface area contributed by atoms with Crippen LogP contribution in [0.15, 0.2) is 54.7 Å². The summed E-state index contributed by atoms with van der Waals surface area (Å²) in [6, 6.07) is 15.6. The summed E-state index contributed by atoms with van der Waals surface area (Å²) < 4.78 is 0. The first-order valence-electron chi connectivity index (χ1n) is 10.4. The fraction of sp³-hybridized carbons (Fsp3) is 0.333. The largest absolute Gasteiger partial charge is 0.361 e. The molecule has 1 aliphatic heterocycles. The summed E-state index contributed by atoms with van der Waals surface area (Å²) in [5, 5.41) is 4.85. The molecular weight excluding hydrogens is 398 g/mol. The zero-order valence-electron chi connectivity index (χ0n) is 16.9. The Morgan fingerprint density at radius 1 is 1.13 bits per heavy atom. The van der Waals surface area contributed by atoms with Crippen LogP contribution in [-0.2, 0) is 22.6 Å². The van der Waals surface area contributed by atoms with Gasteiger partial charge in [-0.3, -0.25) is 9.59 Å². The maximum Gasteiger partial charge on any atom is 0.225 e.